The zero-order chi connectivity index (χ0) is 14.0. The third kappa shape index (κ3) is 3.03. The second kappa shape index (κ2) is 5.41. The fraction of sp³-hybridized carbons (Fsp3) is 0.364. The van der Waals surface area contributed by atoms with E-state index in [2.05, 4.69) is 9.71 Å². The predicted molar refractivity (Wildman–Crippen MR) is 74.2 cm³/mol. The van der Waals surface area contributed by atoms with Crippen molar-refractivity contribution in [1.29, 1.82) is 0 Å². The van der Waals surface area contributed by atoms with Crippen LogP contribution in [0.25, 0.3) is 0 Å². The molecule has 0 unspecified atom stereocenters. The lowest BCUT2D eigenvalue weighted by atomic mass is 10.3. The van der Waals surface area contributed by atoms with Crippen LogP contribution in [0.5, 0.6) is 0 Å². The molecule has 0 spiro atoms. The second-order valence-electron chi connectivity index (χ2n) is 4.15. The van der Waals surface area contributed by atoms with Gasteiger partial charge in [-0.2, -0.15) is 0 Å². The molecule has 19 heavy (non-hydrogen) atoms. The summed E-state index contributed by atoms with van der Waals surface area (Å²) < 4.78 is 28.9. The second-order valence-corrected chi connectivity index (χ2v) is 7.29. The Kier molecular flexibility index (Phi) is 4.04. The molecule has 0 atom stereocenters. The fourth-order valence-corrected chi connectivity index (χ4v) is 4.11. The van der Waals surface area contributed by atoms with Gasteiger partial charge < -0.3 is 10.3 Å². The number of nitrogens with two attached hydrogens (primary N) is 1. The van der Waals surface area contributed by atoms with Gasteiger partial charge >= 0.3 is 0 Å². The molecule has 8 heteroatoms. The fourth-order valence-electron chi connectivity index (χ4n) is 1.62. The van der Waals surface area contributed by atoms with E-state index in [0.29, 0.717) is 16.6 Å². The SMILES string of the molecule is Cc1cc(S(=O)(=O)NCc2nccn2C)sc1CN. The van der Waals surface area contributed by atoms with Crippen LogP contribution in [0.1, 0.15) is 16.3 Å². The van der Waals surface area contributed by atoms with Crippen molar-refractivity contribution < 1.29 is 8.42 Å². The number of aryl methyl sites for hydroxylation is 2. The van der Waals surface area contributed by atoms with Crippen LogP contribution in [0.3, 0.4) is 0 Å². The van der Waals surface area contributed by atoms with Crippen molar-refractivity contribution in [3.05, 3.63) is 34.7 Å². The molecule has 0 fully saturated rings. The lowest BCUT2D eigenvalue weighted by molar-refractivity contribution is 0.579. The number of thiophene rings is 1. The lowest BCUT2D eigenvalue weighted by Gasteiger charge is -2.04. The number of hydrogen-bond donors (Lipinski definition) is 2. The first kappa shape index (κ1) is 14.2. The van der Waals surface area contributed by atoms with Gasteiger partial charge in [0.25, 0.3) is 0 Å². The summed E-state index contributed by atoms with van der Waals surface area (Å²) in [5.74, 6) is 0.663. The van der Waals surface area contributed by atoms with Gasteiger partial charge in [0.1, 0.15) is 10.0 Å². The van der Waals surface area contributed by atoms with Crippen LogP contribution < -0.4 is 10.5 Å². The van der Waals surface area contributed by atoms with Gasteiger partial charge in [0.2, 0.25) is 10.0 Å². The minimum atomic E-state index is -3.51. The van der Waals surface area contributed by atoms with Crippen molar-refractivity contribution in [1.82, 2.24) is 14.3 Å². The predicted octanol–water partition coefficient (Wildman–Crippen LogP) is 0.727. The molecule has 2 heterocycles. The summed E-state index contributed by atoms with van der Waals surface area (Å²) in [6.45, 7) is 2.38. The van der Waals surface area contributed by atoms with E-state index in [1.165, 1.54) is 11.3 Å². The molecular formula is C11H16N4O2S2. The van der Waals surface area contributed by atoms with Gasteiger partial charge in [0.05, 0.1) is 6.54 Å². The maximum absolute atomic E-state index is 12.1. The summed E-state index contributed by atoms with van der Waals surface area (Å²) in [5.41, 5.74) is 6.47. The Hall–Kier alpha value is -1.22. The number of rotatable bonds is 5. The van der Waals surface area contributed by atoms with Gasteiger partial charge in [-0.3, -0.25) is 0 Å². The summed E-state index contributed by atoms with van der Waals surface area (Å²) >= 11 is 1.21. The molecule has 2 aromatic heterocycles. The van der Waals surface area contributed by atoms with Crippen molar-refractivity contribution in [3.63, 3.8) is 0 Å². The molecule has 0 saturated heterocycles. The largest absolute Gasteiger partial charge is 0.337 e. The number of sulfonamides is 1. The highest BCUT2D eigenvalue weighted by molar-refractivity contribution is 7.91. The smallest absolute Gasteiger partial charge is 0.250 e. The molecule has 104 valence electrons. The van der Waals surface area contributed by atoms with Crippen LogP contribution in [0.2, 0.25) is 0 Å². The summed E-state index contributed by atoms with van der Waals surface area (Å²) in [4.78, 5) is 4.96. The zero-order valence-corrected chi connectivity index (χ0v) is 12.4. The molecule has 0 aliphatic heterocycles. The van der Waals surface area contributed by atoms with E-state index < -0.39 is 10.0 Å². The highest BCUT2D eigenvalue weighted by atomic mass is 32.2. The van der Waals surface area contributed by atoms with Crippen LogP contribution in [-0.2, 0) is 30.2 Å². The Labute approximate surface area is 116 Å². The molecule has 0 saturated carbocycles. The first-order chi connectivity index (χ1) is 8.94. The van der Waals surface area contributed by atoms with E-state index in [9.17, 15) is 8.42 Å². The van der Waals surface area contributed by atoms with Crippen molar-refractivity contribution in [2.24, 2.45) is 12.8 Å². The summed E-state index contributed by atoms with van der Waals surface area (Å²) in [6.07, 6.45) is 3.40. The molecule has 0 aliphatic carbocycles. The minimum Gasteiger partial charge on any atom is -0.337 e. The third-order valence-corrected chi connectivity index (χ3v) is 5.92. The van der Waals surface area contributed by atoms with E-state index >= 15 is 0 Å². The van der Waals surface area contributed by atoms with Crippen LogP contribution in [0, 0.1) is 6.92 Å². The Balaban J connectivity index is 2.16. The van der Waals surface area contributed by atoms with Crippen molar-refractivity contribution in [2.45, 2.75) is 24.2 Å². The summed E-state index contributed by atoms with van der Waals surface area (Å²) in [5, 5.41) is 0. The number of hydrogen-bond acceptors (Lipinski definition) is 5. The highest BCUT2D eigenvalue weighted by Gasteiger charge is 2.18. The Morgan fingerprint density at radius 3 is 2.79 bits per heavy atom. The third-order valence-electron chi connectivity index (χ3n) is 2.79. The molecule has 0 amide bonds. The summed E-state index contributed by atoms with van der Waals surface area (Å²) in [6, 6.07) is 1.65. The molecular weight excluding hydrogens is 284 g/mol. The Bertz CT molecular complexity index is 673. The maximum atomic E-state index is 12.1. The number of imidazole rings is 1. The van der Waals surface area contributed by atoms with Gasteiger partial charge in [-0.05, 0) is 18.6 Å². The average molecular weight is 300 g/mol. The lowest BCUT2D eigenvalue weighted by Crippen LogP contribution is -2.24. The van der Waals surface area contributed by atoms with E-state index in [4.69, 9.17) is 5.73 Å². The van der Waals surface area contributed by atoms with Crippen LogP contribution >= 0.6 is 11.3 Å². The molecule has 2 rings (SSSR count). The van der Waals surface area contributed by atoms with Gasteiger partial charge in [-0.25, -0.2) is 18.1 Å². The molecule has 0 radical (unpaired) electrons. The van der Waals surface area contributed by atoms with Gasteiger partial charge in [0, 0.05) is 30.9 Å². The monoisotopic (exact) mass is 300 g/mol. The minimum absolute atomic E-state index is 0.167. The average Bonchev–Trinajstić information content (AvgIpc) is 2.93. The van der Waals surface area contributed by atoms with E-state index in [-0.39, 0.29) is 6.54 Å². The van der Waals surface area contributed by atoms with Crippen LogP contribution in [-0.4, -0.2) is 18.0 Å². The van der Waals surface area contributed by atoms with Crippen LogP contribution in [0.15, 0.2) is 22.7 Å². The molecule has 6 nitrogen and oxygen atoms in total. The molecule has 0 aliphatic rings. The topological polar surface area (TPSA) is 90.0 Å². The maximum Gasteiger partial charge on any atom is 0.250 e. The summed E-state index contributed by atoms with van der Waals surface area (Å²) in [7, 11) is -1.69. The Morgan fingerprint density at radius 1 is 1.53 bits per heavy atom. The Morgan fingerprint density at radius 2 is 2.26 bits per heavy atom. The van der Waals surface area contributed by atoms with Crippen LogP contribution in [0.4, 0.5) is 0 Å². The number of nitrogens with one attached hydrogen (secondary N) is 1. The molecule has 0 aromatic carbocycles. The van der Waals surface area contributed by atoms with Crippen molar-refractivity contribution >= 4 is 21.4 Å². The first-order valence-corrected chi connectivity index (χ1v) is 7.99. The number of nitrogens with zero attached hydrogens (tertiary/aromatic N) is 2. The van der Waals surface area contributed by atoms with E-state index in [1.807, 2.05) is 14.0 Å². The van der Waals surface area contributed by atoms with Gasteiger partial charge in [0.15, 0.2) is 0 Å². The van der Waals surface area contributed by atoms with Gasteiger partial charge in [-0.15, -0.1) is 11.3 Å². The standard InChI is InChI=1S/C11H16N4O2S2/c1-8-5-11(18-9(8)6-12)19(16,17)14-7-10-13-3-4-15(10)2/h3-5,14H,6-7,12H2,1-2H3. The van der Waals surface area contributed by atoms with Gasteiger partial charge in [-0.1, -0.05) is 0 Å². The number of aromatic nitrogens is 2. The van der Waals surface area contributed by atoms with E-state index in [0.717, 1.165) is 10.4 Å². The first-order valence-electron chi connectivity index (χ1n) is 5.69. The van der Waals surface area contributed by atoms with Crippen molar-refractivity contribution in [2.75, 3.05) is 0 Å². The normalized spacial score (nSPS) is 11.9. The van der Waals surface area contributed by atoms with E-state index in [1.54, 1.807) is 23.0 Å². The quantitative estimate of drug-likeness (QED) is 0.851. The zero-order valence-electron chi connectivity index (χ0n) is 10.8. The molecule has 0 bridgehead atoms. The molecule has 3 N–H and O–H groups in total. The molecule has 2 aromatic rings. The van der Waals surface area contributed by atoms with Crippen molar-refractivity contribution in [3.8, 4) is 0 Å². The highest BCUT2D eigenvalue weighted by Crippen LogP contribution is 2.25.